The third-order valence-electron chi connectivity index (χ3n) is 6.35. The van der Waals surface area contributed by atoms with Gasteiger partial charge in [-0.25, -0.2) is 0 Å². The zero-order valence-electron chi connectivity index (χ0n) is 10.5. The Labute approximate surface area is 94.1 Å². The highest BCUT2D eigenvalue weighted by molar-refractivity contribution is 5.23. The van der Waals surface area contributed by atoms with E-state index in [-0.39, 0.29) is 0 Å². The summed E-state index contributed by atoms with van der Waals surface area (Å²) < 4.78 is 0. The minimum absolute atomic E-state index is 0.540. The van der Waals surface area contributed by atoms with Gasteiger partial charge in [0.25, 0.3) is 0 Å². The predicted molar refractivity (Wildman–Crippen MR) is 64.6 cm³/mol. The van der Waals surface area contributed by atoms with Crippen LogP contribution in [0.15, 0.2) is 12.2 Å². The lowest BCUT2D eigenvalue weighted by Crippen LogP contribution is -2.30. The fourth-order valence-electron chi connectivity index (χ4n) is 5.44. The van der Waals surface area contributed by atoms with Crippen molar-refractivity contribution in [3.63, 3.8) is 0 Å². The summed E-state index contributed by atoms with van der Waals surface area (Å²) in [5.41, 5.74) is 2.82. The molecule has 0 amide bonds. The molecule has 0 heteroatoms. The maximum absolute atomic E-state index is 4.34. The maximum Gasteiger partial charge on any atom is -0.0146 e. The summed E-state index contributed by atoms with van der Waals surface area (Å²) >= 11 is 0. The van der Waals surface area contributed by atoms with Gasteiger partial charge in [-0.3, -0.25) is 0 Å². The Morgan fingerprint density at radius 1 is 1.27 bits per heavy atom. The molecule has 0 aromatic heterocycles. The summed E-state index contributed by atoms with van der Waals surface area (Å²) in [5.74, 6) is 2.79. The van der Waals surface area contributed by atoms with E-state index in [0.29, 0.717) is 5.41 Å². The van der Waals surface area contributed by atoms with Gasteiger partial charge in [0, 0.05) is 0 Å². The molecule has 0 aromatic carbocycles. The molecule has 0 aromatic rings. The minimum Gasteiger partial charge on any atom is -0.0996 e. The normalized spacial score (nSPS) is 51.9. The molecule has 3 saturated carbocycles. The number of hydrogen-bond acceptors (Lipinski definition) is 0. The number of fused-ring (bicyclic) bond motifs is 1. The smallest absolute Gasteiger partial charge is 0.0146 e. The third kappa shape index (κ3) is 0.990. The molecule has 1 spiro atoms. The summed E-state index contributed by atoms with van der Waals surface area (Å²) in [5, 5.41) is 0. The molecule has 0 nitrogen and oxygen atoms in total. The number of allylic oxidation sites excluding steroid dienone is 1. The average molecular weight is 204 g/mol. The first kappa shape index (κ1) is 9.93. The molecule has 0 N–H and O–H groups in total. The van der Waals surface area contributed by atoms with Crippen LogP contribution in [0.1, 0.15) is 52.9 Å². The standard InChI is InChI=1S/C15H24/c1-10-7-8-15-9-12(10)14(3,4)13(15)6-5-11(15)2/h11-13H,1,5-9H2,2-4H3/t11-,12-,13?,15-/m1/s1. The van der Waals surface area contributed by atoms with E-state index in [4.69, 9.17) is 0 Å². The fourth-order valence-corrected chi connectivity index (χ4v) is 5.44. The topological polar surface area (TPSA) is 0 Å². The van der Waals surface area contributed by atoms with Crippen LogP contribution in [0.5, 0.6) is 0 Å². The average Bonchev–Trinajstić information content (AvgIpc) is 2.57. The lowest BCUT2D eigenvalue weighted by molar-refractivity contribution is 0.118. The van der Waals surface area contributed by atoms with E-state index >= 15 is 0 Å². The Morgan fingerprint density at radius 2 is 2.00 bits per heavy atom. The SMILES string of the molecule is C=C1CC[C@]23C[C@H]1C(C)(C)C2CC[C@H]3C. The molecule has 15 heavy (non-hydrogen) atoms. The molecule has 1 unspecified atom stereocenters. The Bertz CT molecular complexity index is 312. The van der Waals surface area contributed by atoms with E-state index in [1.54, 1.807) is 5.57 Å². The van der Waals surface area contributed by atoms with Crippen molar-refractivity contribution in [2.45, 2.75) is 52.9 Å². The van der Waals surface area contributed by atoms with Crippen LogP contribution in [0.4, 0.5) is 0 Å². The van der Waals surface area contributed by atoms with Gasteiger partial charge in [0.1, 0.15) is 0 Å². The molecule has 3 aliphatic carbocycles. The lowest BCUT2D eigenvalue weighted by Gasteiger charge is -2.38. The second-order valence-corrected chi connectivity index (χ2v) is 7.00. The van der Waals surface area contributed by atoms with Gasteiger partial charge in [-0.1, -0.05) is 32.9 Å². The van der Waals surface area contributed by atoms with Crippen molar-refractivity contribution in [3.05, 3.63) is 12.2 Å². The first-order valence-electron chi connectivity index (χ1n) is 6.66. The van der Waals surface area contributed by atoms with Crippen LogP contribution in [0.25, 0.3) is 0 Å². The molecule has 0 radical (unpaired) electrons. The Balaban J connectivity index is 2.08. The van der Waals surface area contributed by atoms with Crippen LogP contribution in [-0.4, -0.2) is 0 Å². The molecule has 4 atom stereocenters. The second-order valence-electron chi connectivity index (χ2n) is 7.00. The van der Waals surface area contributed by atoms with E-state index < -0.39 is 0 Å². The molecule has 3 rings (SSSR count). The highest BCUT2D eigenvalue weighted by Crippen LogP contribution is 2.72. The van der Waals surface area contributed by atoms with Crippen molar-refractivity contribution < 1.29 is 0 Å². The molecule has 84 valence electrons. The first-order valence-corrected chi connectivity index (χ1v) is 6.66. The molecule has 3 fully saturated rings. The van der Waals surface area contributed by atoms with Crippen LogP contribution in [0.3, 0.4) is 0 Å². The van der Waals surface area contributed by atoms with Crippen molar-refractivity contribution in [1.29, 1.82) is 0 Å². The van der Waals surface area contributed by atoms with Crippen LogP contribution < -0.4 is 0 Å². The van der Waals surface area contributed by atoms with E-state index in [9.17, 15) is 0 Å². The van der Waals surface area contributed by atoms with Crippen LogP contribution in [0.2, 0.25) is 0 Å². The van der Waals surface area contributed by atoms with Gasteiger partial charge in [-0.05, 0) is 60.7 Å². The van der Waals surface area contributed by atoms with Gasteiger partial charge in [0.2, 0.25) is 0 Å². The summed E-state index contributed by atoms with van der Waals surface area (Å²) in [7, 11) is 0. The zero-order valence-corrected chi connectivity index (χ0v) is 10.5. The van der Waals surface area contributed by atoms with E-state index in [1.807, 2.05) is 0 Å². The maximum atomic E-state index is 4.34. The van der Waals surface area contributed by atoms with Crippen LogP contribution >= 0.6 is 0 Å². The van der Waals surface area contributed by atoms with Crippen LogP contribution in [0, 0.1) is 28.6 Å². The summed E-state index contributed by atoms with van der Waals surface area (Å²) in [6.07, 6.45) is 7.18. The monoisotopic (exact) mass is 204 g/mol. The Morgan fingerprint density at radius 3 is 2.73 bits per heavy atom. The largest absolute Gasteiger partial charge is 0.0996 e. The van der Waals surface area contributed by atoms with Crippen molar-refractivity contribution in [2.24, 2.45) is 28.6 Å². The van der Waals surface area contributed by atoms with Gasteiger partial charge in [0.05, 0.1) is 0 Å². The van der Waals surface area contributed by atoms with Gasteiger partial charge >= 0.3 is 0 Å². The van der Waals surface area contributed by atoms with E-state index in [2.05, 4.69) is 27.4 Å². The molecule has 0 heterocycles. The Hall–Kier alpha value is -0.260. The molecule has 3 aliphatic rings. The highest BCUT2D eigenvalue weighted by atomic mass is 14.7. The molecule has 2 bridgehead atoms. The summed E-state index contributed by atoms with van der Waals surface area (Å²) in [4.78, 5) is 0. The molecular formula is C15H24. The van der Waals surface area contributed by atoms with E-state index in [1.165, 1.54) is 32.1 Å². The molecule has 0 saturated heterocycles. The summed E-state index contributed by atoms with van der Waals surface area (Å²) in [6.45, 7) is 11.9. The summed E-state index contributed by atoms with van der Waals surface area (Å²) in [6, 6.07) is 0. The number of hydrogen-bond donors (Lipinski definition) is 0. The first-order chi connectivity index (χ1) is 6.98. The van der Waals surface area contributed by atoms with Gasteiger partial charge in [-0.2, -0.15) is 0 Å². The van der Waals surface area contributed by atoms with Crippen molar-refractivity contribution in [3.8, 4) is 0 Å². The van der Waals surface area contributed by atoms with Crippen molar-refractivity contribution in [2.75, 3.05) is 0 Å². The van der Waals surface area contributed by atoms with Gasteiger partial charge in [-0.15, -0.1) is 0 Å². The highest BCUT2D eigenvalue weighted by Gasteiger charge is 2.63. The Kier molecular flexibility index (Phi) is 1.79. The second kappa shape index (κ2) is 2.70. The predicted octanol–water partition coefficient (Wildman–Crippen LogP) is 4.42. The minimum atomic E-state index is 0.540. The van der Waals surface area contributed by atoms with E-state index in [0.717, 1.165) is 23.2 Å². The molecular weight excluding hydrogens is 180 g/mol. The van der Waals surface area contributed by atoms with Crippen LogP contribution in [-0.2, 0) is 0 Å². The third-order valence-corrected chi connectivity index (χ3v) is 6.35. The van der Waals surface area contributed by atoms with Crippen molar-refractivity contribution >= 4 is 0 Å². The van der Waals surface area contributed by atoms with Gasteiger partial charge in [0.15, 0.2) is 0 Å². The molecule has 0 aliphatic heterocycles. The number of rotatable bonds is 0. The quantitative estimate of drug-likeness (QED) is 0.513. The van der Waals surface area contributed by atoms with Gasteiger partial charge < -0.3 is 0 Å². The lowest BCUT2D eigenvalue weighted by atomic mass is 9.67. The fraction of sp³-hybridized carbons (Fsp3) is 0.867. The zero-order chi connectivity index (χ0) is 10.8. The van der Waals surface area contributed by atoms with Crippen molar-refractivity contribution in [1.82, 2.24) is 0 Å².